The summed E-state index contributed by atoms with van der Waals surface area (Å²) in [5.41, 5.74) is 2.58. The molecule has 10 atom stereocenters. The second-order valence-electron chi connectivity index (χ2n) is 22.7. The molecule has 0 N–H and O–H groups in total. The molecular formula is C47H78N4O3+2. The molecule has 6 aliphatic heterocycles. The second-order valence-corrected chi connectivity index (χ2v) is 22.7. The van der Waals surface area contributed by atoms with Crippen LogP contribution in [-0.4, -0.2) is 129 Å². The van der Waals surface area contributed by atoms with Crippen molar-refractivity contribution < 1.29 is 23.2 Å². The van der Waals surface area contributed by atoms with Crippen LogP contribution >= 0.6 is 0 Å². The Morgan fingerprint density at radius 2 is 1.30 bits per heavy atom. The zero-order valence-electron chi connectivity index (χ0n) is 35.6. The molecule has 11 rings (SSSR count). The average molecular weight is 747 g/mol. The first-order chi connectivity index (χ1) is 25.6. The van der Waals surface area contributed by atoms with E-state index in [0.29, 0.717) is 35.1 Å². The predicted octanol–water partition coefficient (Wildman–Crippen LogP) is 7.38. The van der Waals surface area contributed by atoms with Crippen molar-refractivity contribution in [3.8, 4) is 0 Å². The molecule has 4 bridgehead atoms. The molecule has 54 heavy (non-hydrogen) atoms. The molecule has 0 aromatic carbocycles. The van der Waals surface area contributed by atoms with Gasteiger partial charge in [-0.25, -0.2) is 4.79 Å². The van der Waals surface area contributed by atoms with Gasteiger partial charge in [-0.1, -0.05) is 53.3 Å². The Balaban J connectivity index is 0.911. The molecule has 302 valence electrons. The number of hydrogen-bond acceptors (Lipinski definition) is 5. The van der Waals surface area contributed by atoms with Crippen molar-refractivity contribution in [1.29, 1.82) is 0 Å². The van der Waals surface area contributed by atoms with E-state index >= 15 is 0 Å². The van der Waals surface area contributed by atoms with Crippen LogP contribution in [0.4, 0.5) is 0 Å². The lowest BCUT2D eigenvalue weighted by Crippen LogP contribution is -2.69. The quantitative estimate of drug-likeness (QED) is 0.107. The van der Waals surface area contributed by atoms with Gasteiger partial charge < -0.3 is 18.4 Å². The van der Waals surface area contributed by atoms with Crippen molar-refractivity contribution in [1.82, 2.24) is 9.80 Å². The van der Waals surface area contributed by atoms with Crippen molar-refractivity contribution in [2.45, 2.75) is 112 Å². The highest BCUT2D eigenvalue weighted by Crippen LogP contribution is 2.77. The molecule has 0 amide bonds. The molecule has 11 aliphatic rings. The number of carbonyl (C=O) groups is 1. The normalized spacial score (nSPS) is 51.3. The van der Waals surface area contributed by atoms with Gasteiger partial charge in [0.25, 0.3) is 0 Å². The van der Waals surface area contributed by atoms with Gasteiger partial charge in [0, 0.05) is 50.1 Å². The highest BCUT2D eigenvalue weighted by molar-refractivity contribution is 5.71. The van der Waals surface area contributed by atoms with E-state index in [1.807, 2.05) is 0 Å². The summed E-state index contributed by atoms with van der Waals surface area (Å²) >= 11 is 0. The summed E-state index contributed by atoms with van der Waals surface area (Å²) in [4.78, 5) is 18.9. The molecule has 7 heteroatoms. The molecular weight excluding hydrogens is 669 g/mol. The molecule has 0 spiro atoms. The van der Waals surface area contributed by atoms with Gasteiger partial charge in [-0.15, -0.1) is 0 Å². The fraction of sp³-hybridized carbons (Fsp3) is 0.894. The average Bonchev–Trinajstić information content (AvgIpc) is 3.54. The van der Waals surface area contributed by atoms with Crippen molar-refractivity contribution in [2.24, 2.45) is 56.7 Å². The smallest absolute Gasteiger partial charge is 0.362 e. The minimum absolute atomic E-state index is 0.00673. The maximum absolute atomic E-state index is 13.7. The topological polar surface area (TPSA) is 42.0 Å². The lowest BCUT2D eigenvalue weighted by Gasteiger charge is -2.73. The highest BCUT2D eigenvalue weighted by Gasteiger charge is 2.71. The number of ether oxygens (including phenoxy) is 2. The van der Waals surface area contributed by atoms with E-state index in [2.05, 4.69) is 64.5 Å². The number of rotatable bonds is 9. The van der Waals surface area contributed by atoms with Gasteiger partial charge in [0.2, 0.25) is 0 Å². The molecule has 7 nitrogen and oxygen atoms in total. The maximum atomic E-state index is 13.7. The van der Waals surface area contributed by atoms with Crippen LogP contribution < -0.4 is 0 Å². The van der Waals surface area contributed by atoms with Crippen LogP contribution in [0.25, 0.3) is 0 Å². The molecule has 5 aliphatic carbocycles. The minimum Gasteiger partial charge on any atom is -0.492 e. The minimum atomic E-state index is -0.00673. The van der Waals surface area contributed by atoms with Gasteiger partial charge in [0.15, 0.2) is 6.54 Å². The van der Waals surface area contributed by atoms with Crippen LogP contribution in [0, 0.1) is 56.7 Å². The first kappa shape index (κ1) is 38.1. The summed E-state index contributed by atoms with van der Waals surface area (Å²) in [6.07, 6.45) is 12.7. The number of quaternary nitrogens is 2. The monoisotopic (exact) mass is 747 g/mol. The van der Waals surface area contributed by atoms with Crippen molar-refractivity contribution in [3.63, 3.8) is 0 Å². The van der Waals surface area contributed by atoms with Gasteiger partial charge in [-0.05, 0) is 117 Å². The zero-order chi connectivity index (χ0) is 37.9. The molecule has 5 unspecified atom stereocenters. The Kier molecular flexibility index (Phi) is 9.21. The summed E-state index contributed by atoms with van der Waals surface area (Å²) in [5.74, 6) is 4.42. The van der Waals surface area contributed by atoms with E-state index in [-0.39, 0.29) is 28.3 Å². The van der Waals surface area contributed by atoms with Crippen LogP contribution in [0.5, 0.6) is 0 Å². The maximum Gasteiger partial charge on any atom is 0.362 e. The summed E-state index contributed by atoms with van der Waals surface area (Å²) in [5, 5.41) is 0. The summed E-state index contributed by atoms with van der Waals surface area (Å²) < 4.78 is 15.7. The van der Waals surface area contributed by atoms with Crippen LogP contribution in [0.1, 0.15) is 106 Å². The van der Waals surface area contributed by atoms with E-state index in [9.17, 15) is 4.79 Å². The number of nitrogens with zero attached hydrogens (tertiary/aromatic N) is 4. The van der Waals surface area contributed by atoms with Crippen LogP contribution in [-0.2, 0) is 14.3 Å². The lowest BCUT2D eigenvalue weighted by atomic mass is 9.32. The Morgan fingerprint density at radius 3 is 1.91 bits per heavy atom. The third-order valence-corrected chi connectivity index (χ3v) is 20.3. The molecule has 0 aromatic rings. The Bertz CT molecular complexity index is 1480. The Morgan fingerprint density at radius 1 is 0.685 bits per heavy atom. The Hall–Kier alpha value is -1.41. The molecule has 5 saturated carbocycles. The fourth-order valence-corrected chi connectivity index (χ4v) is 16.8. The number of carbonyl (C=O) groups excluding carboxylic acids is 1. The van der Waals surface area contributed by atoms with Crippen molar-refractivity contribution >= 4 is 5.97 Å². The molecule has 0 aromatic heterocycles. The first-order valence-electron chi connectivity index (χ1n) is 22.9. The van der Waals surface area contributed by atoms with Gasteiger partial charge in [0.1, 0.15) is 18.4 Å². The second kappa shape index (κ2) is 13.0. The Labute approximate surface area is 329 Å². The summed E-state index contributed by atoms with van der Waals surface area (Å²) in [6, 6.07) is 0. The summed E-state index contributed by atoms with van der Waals surface area (Å²) in [6.45, 7) is 41.5. The molecule has 11 fully saturated rings. The van der Waals surface area contributed by atoms with Crippen LogP contribution in [0.15, 0.2) is 24.5 Å². The number of hydrogen-bond donors (Lipinski definition) is 0. The molecule has 0 radical (unpaired) electrons. The third-order valence-electron chi connectivity index (χ3n) is 20.3. The number of allylic oxidation sites excluding steroid dienone is 1. The number of esters is 1. The van der Waals surface area contributed by atoms with E-state index < -0.39 is 0 Å². The summed E-state index contributed by atoms with van der Waals surface area (Å²) in [7, 11) is 0. The zero-order valence-corrected chi connectivity index (χ0v) is 35.6. The van der Waals surface area contributed by atoms with E-state index in [1.54, 1.807) is 0 Å². The SMILES string of the molecule is C=C(C[N+]12CCN(CC1)CC2)OC[C@]12CCC(C(=C)C)C1C1CCC3[C@@]4(C)CC[C@H](OC(=O)C[N+]56CCN(CC5)CC6)C(C)(C)C4CC[C@@]3(C)[C@]1(C)CC2. The van der Waals surface area contributed by atoms with Gasteiger partial charge >= 0.3 is 5.97 Å². The van der Waals surface area contributed by atoms with Gasteiger partial charge in [-0.2, -0.15) is 0 Å². The largest absolute Gasteiger partial charge is 0.492 e. The standard InChI is InChI=1S/C47H78N4O3/c1-34(2)36-11-16-47(33-53-35(3)31-50-25-19-48(20-26-50)21-27-50)18-17-45(7)37(42(36)47)9-10-39-44(6)14-13-40(43(4,5)38(44)12-15-46(39,45)8)54-41(52)32-51-28-22-49(23-29-51)24-30-51/h36-40,42H,1,3,9-33H2,2,4-8H3/q+2/t36?,37?,38?,39?,40-,42?,44-,45+,46+,47+/m0/s1. The van der Waals surface area contributed by atoms with Crippen molar-refractivity contribution in [2.75, 3.05) is 98.2 Å². The predicted molar refractivity (Wildman–Crippen MR) is 216 cm³/mol. The van der Waals surface area contributed by atoms with E-state index in [1.165, 1.54) is 107 Å². The fourth-order valence-electron chi connectivity index (χ4n) is 16.8. The van der Waals surface area contributed by atoms with Crippen LogP contribution in [0.2, 0.25) is 0 Å². The molecule has 6 saturated heterocycles. The molecule has 6 heterocycles. The third kappa shape index (κ3) is 5.71. The van der Waals surface area contributed by atoms with Crippen LogP contribution in [0.3, 0.4) is 0 Å². The lowest BCUT2D eigenvalue weighted by molar-refractivity contribution is -0.937. The van der Waals surface area contributed by atoms with Crippen molar-refractivity contribution in [3.05, 3.63) is 24.5 Å². The van der Waals surface area contributed by atoms with Gasteiger partial charge in [0.05, 0.1) is 45.9 Å². The first-order valence-corrected chi connectivity index (χ1v) is 22.9. The number of piperazine rings is 6. The van der Waals surface area contributed by atoms with Gasteiger partial charge in [-0.3, -0.25) is 9.80 Å². The van der Waals surface area contributed by atoms with E-state index in [0.717, 1.165) is 80.9 Å². The van der Waals surface area contributed by atoms with E-state index in [4.69, 9.17) is 9.47 Å². The highest BCUT2D eigenvalue weighted by atomic mass is 16.5. The number of fused-ring (bicyclic) bond motifs is 13.